The lowest BCUT2D eigenvalue weighted by Gasteiger charge is -2.39. The molecule has 1 saturated carbocycles. The highest BCUT2D eigenvalue weighted by atomic mass is 19.4. The summed E-state index contributed by atoms with van der Waals surface area (Å²) >= 11 is 0. The fourth-order valence-electron chi connectivity index (χ4n) is 5.42. The van der Waals surface area contributed by atoms with E-state index in [9.17, 15) is 18.0 Å². The van der Waals surface area contributed by atoms with E-state index in [4.69, 9.17) is 5.26 Å². The summed E-state index contributed by atoms with van der Waals surface area (Å²) in [5.41, 5.74) is 1.41. The molecule has 0 unspecified atom stereocenters. The van der Waals surface area contributed by atoms with Crippen LogP contribution in [0.15, 0.2) is 48.5 Å². The lowest BCUT2D eigenvalue weighted by Crippen LogP contribution is -2.45. The van der Waals surface area contributed by atoms with Crippen molar-refractivity contribution in [3.63, 3.8) is 0 Å². The number of benzene rings is 2. The van der Waals surface area contributed by atoms with Crippen LogP contribution in [-0.2, 0) is 6.18 Å². The second kappa shape index (κ2) is 11.0. The minimum Gasteiger partial charge on any atom is -0.371 e. The molecule has 0 spiro atoms. The number of carbonyl (C=O) groups excluding carboxylic acids is 1. The Labute approximate surface area is 204 Å². The molecule has 2 aromatic rings. The quantitative estimate of drug-likeness (QED) is 0.505. The number of alkyl halides is 3. The van der Waals surface area contributed by atoms with Crippen molar-refractivity contribution in [1.29, 1.82) is 5.26 Å². The molecular formula is C27H31F3N4O. The van der Waals surface area contributed by atoms with Gasteiger partial charge in [-0.05, 0) is 92.5 Å². The van der Waals surface area contributed by atoms with E-state index in [1.807, 2.05) is 24.3 Å². The summed E-state index contributed by atoms with van der Waals surface area (Å²) in [6, 6.07) is 14.1. The van der Waals surface area contributed by atoms with Crippen molar-refractivity contribution in [3.05, 3.63) is 59.7 Å². The van der Waals surface area contributed by atoms with Gasteiger partial charge < -0.3 is 15.5 Å². The minimum absolute atomic E-state index is 0.0588. The van der Waals surface area contributed by atoms with Crippen molar-refractivity contribution < 1.29 is 18.0 Å². The highest BCUT2D eigenvalue weighted by Crippen LogP contribution is 2.34. The summed E-state index contributed by atoms with van der Waals surface area (Å²) in [6.45, 7) is 1.97. The van der Waals surface area contributed by atoms with Gasteiger partial charge in [0.25, 0.3) is 0 Å². The molecule has 5 nitrogen and oxygen atoms in total. The average Bonchev–Trinajstić information content (AvgIpc) is 2.85. The smallest absolute Gasteiger partial charge is 0.371 e. The Morgan fingerprint density at radius 2 is 1.71 bits per heavy atom. The average molecular weight is 485 g/mol. The molecule has 1 aliphatic carbocycles. The van der Waals surface area contributed by atoms with Crippen LogP contribution in [0.4, 0.5) is 29.3 Å². The Morgan fingerprint density at radius 3 is 2.40 bits per heavy atom. The Bertz CT molecular complexity index is 1030. The molecule has 2 aromatic carbocycles. The maximum absolute atomic E-state index is 12.8. The number of urea groups is 1. The predicted octanol–water partition coefficient (Wildman–Crippen LogP) is 6.56. The first-order valence-corrected chi connectivity index (χ1v) is 12.3. The molecule has 4 rings (SSSR count). The van der Waals surface area contributed by atoms with Crippen molar-refractivity contribution in [2.45, 2.75) is 57.2 Å². The first-order valence-electron chi connectivity index (χ1n) is 12.3. The van der Waals surface area contributed by atoms with Crippen molar-refractivity contribution in [2.75, 3.05) is 23.3 Å². The van der Waals surface area contributed by atoms with Gasteiger partial charge in [0, 0.05) is 30.5 Å². The third kappa shape index (κ3) is 6.68. The SMILES string of the molecule is N#Cc1ccc(N2CCC[C@H](C[C@@H]3CCCC[C@H]3NC(=O)Nc3ccc(C(F)(F)F)cc3)C2)cc1. The van der Waals surface area contributed by atoms with Gasteiger partial charge in [0.2, 0.25) is 0 Å². The van der Waals surface area contributed by atoms with E-state index in [-0.39, 0.29) is 12.1 Å². The molecule has 2 fully saturated rings. The Balaban J connectivity index is 1.32. The number of piperidine rings is 1. The van der Waals surface area contributed by atoms with Gasteiger partial charge in [0.05, 0.1) is 17.2 Å². The fourth-order valence-corrected chi connectivity index (χ4v) is 5.42. The number of hydrogen-bond donors (Lipinski definition) is 2. The number of amides is 2. The fraction of sp³-hybridized carbons (Fsp3) is 0.481. The summed E-state index contributed by atoms with van der Waals surface area (Å²) in [6.07, 6.45) is 3.11. The normalized spacial score (nSPS) is 22.8. The zero-order valence-electron chi connectivity index (χ0n) is 19.7. The first kappa shape index (κ1) is 24.9. The number of nitriles is 1. The lowest BCUT2D eigenvalue weighted by atomic mass is 9.77. The number of rotatable bonds is 5. The predicted molar refractivity (Wildman–Crippen MR) is 130 cm³/mol. The highest BCUT2D eigenvalue weighted by Gasteiger charge is 2.32. The zero-order chi connectivity index (χ0) is 24.8. The van der Waals surface area contributed by atoms with E-state index in [0.717, 1.165) is 75.9 Å². The maximum atomic E-state index is 12.8. The molecule has 2 amide bonds. The summed E-state index contributed by atoms with van der Waals surface area (Å²) in [4.78, 5) is 15.0. The van der Waals surface area contributed by atoms with Gasteiger partial charge >= 0.3 is 12.2 Å². The van der Waals surface area contributed by atoms with Gasteiger partial charge in [-0.3, -0.25) is 0 Å². The molecule has 8 heteroatoms. The molecule has 0 aromatic heterocycles. The van der Waals surface area contributed by atoms with E-state index in [2.05, 4.69) is 21.6 Å². The number of anilines is 2. The summed E-state index contributed by atoms with van der Waals surface area (Å²) < 4.78 is 38.3. The van der Waals surface area contributed by atoms with Crippen LogP contribution in [0.25, 0.3) is 0 Å². The molecule has 1 saturated heterocycles. The molecule has 0 radical (unpaired) electrons. The van der Waals surface area contributed by atoms with Crippen LogP contribution < -0.4 is 15.5 Å². The topological polar surface area (TPSA) is 68.2 Å². The van der Waals surface area contributed by atoms with Crippen LogP contribution in [0.3, 0.4) is 0 Å². The lowest BCUT2D eigenvalue weighted by molar-refractivity contribution is -0.137. The summed E-state index contributed by atoms with van der Waals surface area (Å²) in [5, 5.41) is 14.8. The maximum Gasteiger partial charge on any atom is 0.416 e. The van der Waals surface area contributed by atoms with E-state index < -0.39 is 11.7 Å². The molecule has 2 aliphatic rings. The number of halogens is 3. The van der Waals surface area contributed by atoms with Gasteiger partial charge in [-0.2, -0.15) is 18.4 Å². The molecule has 0 bridgehead atoms. The van der Waals surface area contributed by atoms with Crippen LogP contribution >= 0.6 is 0 Å². The Morgan fingerprint density at radius 1 is 1.00 bits per heavy atom. The molecule has 1 heterocycles. The van der Waals surface area contributed by atoms with Crippen LogP contribution in [0.1, 0.15) is 56.1 Å². The van der Waals surface area contributed by atoms with E-state index in [1.165, 1.54) is 12.1 Å². The van der Waals surface area contributed by atoms with Gasteiger partial charge in [0.1, 0.15) is 0 Å². The van der Waals surface area contributed by atoms with Gasteiger partial charge in [-0.25, -0.2) is 4.79 Å². The Hall–Kier alpha value is -3.21. The minimum atomic E-state index is -4.40. The number of carbonyl (C=O) groups is 1. The van der Waals surface area contributed by atoms with Crippen molar-refractivity contribution in [3.8, 4) is 6.07 Å². The first-order chi connectivity index (χ1) is 16.8. The molecule has 186 valence electrons. The van der Waals surface area contributed by atoms with Gasteiger partial charge in [-0.1, -0.05) is 12.8 Å². The van der Waals surface area contributed by atoms with Crippen LogP contribution in [0, 0.1) is 23.2 Å². The molecule has 3 atom stereocenters. The second-order valence-corrected chi connectivity index (χ2v) is 9.67. The number of nitrogens with zero attached hydrogens (tertiary/aromatic N) is 2. The van der Waals surface area contributed by atoms with Crippen molar-refractivity contribution >= 4 is 17.4 Å². The Kier molecular flexibility index (Phi) is 7.84. The van der Waals surface area contributed by atoms with Crippen molar-refractivity contribution in [1.82, 2.24) is 5.32 Å². The van der Waals surface area contributed by atoms with E-state index in [1.54, 1.807) is 0 Å². The molecule has 1 aliphatic heterocycles. The van der Waals surface area contributed by atoms with Gasteiger partial charge in [-0.15, -0.1) is 0 Å². The third-order valence-corrected chi connectivity index (χ3v) is 7.21. The summed E-state index contributed by atoms with van der Waals surface area (Å²) in [7, 11) is 0. The zero-order valence-corrected chi connectivity index (χ0v) is 19.7. The van der Waals surface area contributed by atoms with Gasteiger partial charge in [0.15, 0.2) is 0 Å². The monoisotopic (exact) mass is 484 g/mol. The van der Waals surface area contributed by atoms with Crippen LogP contribution in [-0.4, -0.2) is 25.2 Å². The largest absolute Gasteiger partial charge is 0.416 e. The number of hydrogen-bond acceptors (Lipinski definition) is 3. The molecule has 35 heavy (non-hydrogen) atoms. The van der Waals surface area contributed by atoms with Crippen LogP contribution in [0.5, 0.6) is 0 Å². The summed E-state index contributed by atoms with van der Waals surface area (Å²) in [5.74, 6) is 0.915. The van der Waals surface area contributed by atoms with E-state index >= 15 is 0 Å². The van der Waals surface area contributed by atoms with Crippen molar-refractivity contribution in [2.24, 2.45) is 11.8 Å². The third-order valence-electron chi connectivity index (χ3n) is 7.21. The molecular weight excluding hydrogens is 453 g/mol. The standard InChI is InChI=1S/C27H31F3N4O/c28-27(29,30)22-9-11-23(12-10-22)32-26(35)33-25-6-2-1-5-21(25)16-20-4-3-15-34(18-20)24-13-7-19(17-31)8-14-24/h7-14,20-21,25H,1-6,15-16,18H2,(H2,32,33,35)/t20-,21+,25-/m1/s1. The second-order valence-electron chi connectivity index (χ2n) is 9.67. The highest BCUT2D eigenvalue weighted by molar-refractivity contribution is 5.89. The van der Waals surface area contributed by atoms with Crippen LogP contribution in [0.2, 0.25) is 0 Å². The number of nitrogens with one attached hydrogen (secondary N) is 2. The van der Waals surface area contributed by atoms with E-state index in [0.29, 0.717) is 23.1 Å². The molecule has 2 N–H and O–H groups in total.